The number of nitrogens with one attached hydrogen (secondary N) is 1. The Morgan fingerprint density at radius 3 is 2.35 bits per heavy atom. The van der Waals surface area contributed by atoms with Crippen molar-refractivity contribution in [2.24, 2.45) is 0 Å². The molecule has 0 saturated carbocycles. The average Bonchev–Trinajstić information content (AvgIpc) is 3.25. The van der Waals surface area contributed by atoms with Crippen molar-refractivity contribution in [1.82, 2.24) is 10.2 Å². The van der Waals surface area contributed by atoms with Gasteiger partial charge >= 0.3 is 0 Å². The Labute approximate surface area is 187 Å². The molecule has 1 N–H and O–H groups in total. The highest BCUT2D eigenvalue weighted by Crippen LogP contribution is 2.44. The Morgan fingerprint density at radius 2 is 1.74 bits per heavy atom. The summed E-state index contributed by atoms with van der Waals surface area (Å²) in [6, 6.07) is 20.4. The highest BCUT2D eigenvalue weighted by Gasteiger charge is 2.32. The van der Waals surface area contributed by atoms with Crippen LogP contribution in [0.1, 0.15) is 5.56 Å². The molecule has 0 bridgehead atoms. The summed E-state index contributed by atoms with van der Waals surface area (Å²) < 4.78 is 0. The van der Waals surface area contributed by atoms with Crippen LogP contribution in [0.25, 0.3) is 5.70 Å². The lowest BCUT2D eigenvalue weighted by Crippen LogP contribution is -2.47. The zero-order valence-corrected chi connectivity index (χ0v) is 18.5. The van der Waals surface area contributed by atoms with Crippen LogP contribution in [0.3, 0.4) is 0 Å². The smallest absolute Gasteiger partial charge is 0.267 e. The van der Waals surface area contributed by atoms with Crippen molar-refractivity contribution < 1.29 is 4.79 Å². The minimum atomic E-state index is -0.205. The Kier molecular flexibility index (Phi) is 6.31. The monoisotopic (exact) mass is 431 g/mol. The number of carbonyl (C=O) groups is 1. The second-order valence-electron chi connectivity index (χ2n) is 7.57. The molecule has 2 aliphatic rings. The molecule has 0 radical (unpaired) electrons. The van der Waals surface area contributed by atoms with Gasteiger partial charge in [0.15, 0.2) is 0 Å². The first-order chi connectivity index (χ1) is 15.1. The number of anilines is 2. The molecule has 2 aromatic carbocycles. The molecule has 0 unspecified atom stereocenters. The van der Waals surface area contributed by atoms with Crippen LogP contribution in [0, 0.1) is 11.3 Å². The molecule has 1 amide bonds. The Morgan fingerprint density at radius 1 is 1.06 bits per heavy atom. The third-order valence-electron chi connectivity index (χ3n) is 5.36. The fourth-order valence-electron chi connectivity index (χ4n) is 3.67. The summed E-state index contributed by atoms with van der Waals surface area (Å²) in [5.41, 5.74) is 4.18. The number of rotatable bonds is 4. The lowest BCUT2D eigenvalue weighted by Gasteiger charge is -2.29. The quantitative estimate of drug-likeness (QED) is 0.591. The zero-order valence-electron chi connectivity index (χ0n) is 17.7. The van der Waals surface area contributed by atoms with E-state index in [1.54, 1.807) is 4.90 Å². The van der Waals surface area contributed by atoms with Gasteiger partial charge in [-0.05, 0) is 29.8 Å². The predicted octanol–water partition coefficient (Wildman–Crippen LogP) is 3.47. The predicted molar refractivity (Wildman–Crippen MR) is 127 cm³/mol. The Bertz CT molecular complexity index is 1050. The summed E-state index contributed by atoms with van der Waals surface area (Å²) in [6.07, 6.45) is 0. The first kappa shape index (κ1) is 21.0. The molecular weight excluding hydrogens is 406 g/mol. The highest BCUT2D eigenvalue weighted by atomic mass is 32.2. The van der Waals surface area contributed by atoms with Gasteiger partial charge in [-0.3, -0.25) is 4.79 Å². The number of nitrogens with zero attached hydrogens (tertiary/aromatic N) is 4. The van der Waals surface area contributed by atoms with E-state index >= 15 is 0 Å². The fraction of sp³-hybridized carbons (Fsp3) is 0.250. The van der Waals surface area contributed by atoms with Gasteiger partial charge in [0.05, 0.1) is 5.70 Å². The first-order valence-electron chi connectivity index (χ1n) is 10.2. The van der Waals surface area contributed by atoms with Gasteiger partial charge < -0.3 is 20.0 Å². The summed E-state index contributed by atoms with van der Waals surface area (Å²) in [6.45, 7) is 2.71. The van der Waals surface area contributed by atoms with Crippen LogP contribution in [-0.2, 0) is 4.79 Å². The van der Waals surface area contributed by atoms with Crippen LogP contribution in [-0.4, -0.2) is 51.1 Å². The lowest BCUT2D eigenvalue weighted by atomic mass is 10.1. The molecule has 2 aliphatic heterocycles. The second-order valence-corrected chi connectivity index (χ2v) is 8.43. The lowest BCUT2D eigenvalue weighted by molar-refractivity contribution is -0.127. The van der Waals surface area contributed by atoms with Crippen LogP contribution in [0.5, 0.6) is 0 Å². The number of thioether (sulfide) groups is 1. The molecule has 6 nitrogen and oxygen atoms in total. The maximum Gasteiger partial charge on any atom is 0.267 e. The molecule has 1 fully saturated rings. The van der Waals surface area contributed by atoms with Crippen molar-refractivity contribution in [2.75, 3.05) is 50.1 Å². The zero-order chi connectivity index (χ0) is 21.8. The van der Waals surface area contributed by atoms with Crippen LogP contribution >= 0.6 is 11.8 Å². The van der Waals surface area contributed by atoms with Gasteiger partial charge in [-0.15, -0.1) is 0 Å². The Hall–Kier alpha value is -3.21. The maximum absolute atomic E-state index is 13.2. The average molecular weight is 432 g/mol. The van der Waals surface area contributed by atoms with Crippen LogP contribution in [0.15, 0.2) is 70.6 Å². The van der Waals surface area contributed by atoms with E-state index in [2.05, 4.69) is 11.4 Å². The molecule has 0 aromatic heterocycles. The molecular formula is C24H25N5OS. The van der Waals surface area contributed by atoms with Crippen LogP contribution in [0.2, 0.25) is 0 Å². The van der Waals surface area contributed by atoms with Gasteiger partial charge in [-0.25, -0.2) is 0 Å². The van der Waals surface area contributed by atoms with Crippen LogP contribution < -0.4 is 15.1 Å². The molecule has 0 spiro atoms. The molecule has 31 heavy (non-hydrogen) atoms. The number of piperazine rings is 1. The van der Waals surface area contributed by atoms with E-state index in [4.69, 9.17) is 0 Å². The van der Waals surface area contributed by atoms with Gasteiger partial charge in [-0.1, -0.05) is 42.1 Å². The molecule has 7 heteroatoms. The number of carbonyl (C=O) groups excluding carboxylic acids is 1. The largest absolute Gasteiger partial charge is 0.378 e. The van der Waals surface area contributed by atoms with E-state index in [1.807, 2.05) is 83.9 Å². The van der Waals surface area contributed by atoms with Crippen LogP contribution in [0.4, 0.5) is 11.4 Å². The maximum atomic E-state index is 13.2. The number of benzene rings is 2. The summed E-state index contributed by atoms with van der Waals surface area (Å²) in [5, 5.41) is 15.9. The minimum Gasteiger partial charge on any atom is -0.378 e. The van der Waals surface area contributed by atoms with E-state index in [9.17, 15) is 10.1 Å². The number of hydrogen-bond donors (Lipinski definition) is 1. The van der Waals surface area contributed by atoms with E-state index in [1.165, 1.54) is 11.8 Å². The van der Waals surface area contributed by atoms with Gasteiger partial charge in [0, 0.05) is 57.1 Å². The standard InChI is InChI=1S/C24H25N5OS/c1-27(2)19-8-10-20(11-9-19)29-22(18-6-4-3-5-7-18)17-31-24(29)21(16-25)23(30)28-14-12-26-13-15-28/h3-11,17,26H,12-15H2,1-2H3/b24-21+. The van der Waals surface area contributed by atoms with Crippen molar-refractivity contribution in [2.45, 2.75) is 0 Å². The molecule has 0 aliphatic carbocycles. The fourth-order valence-corrected chi connectivity index (χ4v) is 4.70. The van der Waals surface area contributed by atoms with Crippen molar-refractivity contribution in [3.05, 3.63) is 76.2 Å². The van der Waals surface area contributed by atoms with E-state index in [-0.39, 0.29) is 11.5 Å². The Balaban J connectivity index is 1.78. The molecule has 0 atom stereocenters. The molecule has 2 heterocycles. The molecule has 4 rings (SSSR count). The normalized spacial score (nSPS) is 17.8. The second kappa shape index (κ2) is 9.29. The highest BCUT2D eigenvalue weighted by molar-refractivity contribution is 8.06. The third-order valence-corrected chi connectivity index (χ3v) is 6.31. The summed E-state index contributed by atoms with van der Waals surface area (Å²) >= 11 is 1.43. The molecule has 158 valence electrons. The van der Waals surface area contributed by atoms with Crippen molar-refractivity contribution in [3.8, 4) is 6.07 Å². The topological polar surface area (TPSA) is 62.6 Å². The SMILES string of the molecule is CN(C)c1ccc(N2C(c3ccccc3)=CS/C2=C(\C#N)C(=O)N2CCNCC2)cc1. The third kappa shape index (κ3) is 4.31. The first-order valence-corrected chi connectivity index (χ1v) is 11.1. The molecule has 2 aromatic rings. The van der Waals surface area contributed by atoms with Crippen molar-refractivity contribution >= 4 is 34.7 Å². The van der Waals surface area contributed by atoms with Crippen molar-refractivity contribution in [1.29, 1.82) is 5.26 Å². The molecule has 1 saturated heterocycles. The van der Waals surface area contributed by atoms with Gasteiger partial charge in [0.2, 0.25) is 0 Å². The number of nitriles is 1. The van der Waals surface area contributed by atoms with Gasteiger partial charge in [0.1, 0.15) is 16.7 Å². The summed E-state index contributed by atoms with van der Waals surface area (Å²) in [7, 11) is 4.00. The van der Waals surface area contributed by atoms with Gasteiger partial charge in [-0.2, -0.15) is 5.26 Å². The number of hydrogen-bond acceptors (Lipinski definition) is 6. The number of amides is 1. The summed E-state index contributed by atoms with van der Waals surface area (Å²) in [4.78, 5) is 19.1. The summed E-state index contributed by atoms with van der Waals surface area (Å²) in [5.74, 6) is -0.205. The van der Waals surface area contributed by atoms with E-state index < -0.39 is 0 Å². The van der Waals surface area contributed by atoms with E-state index in [0.29, 0.717) is 18.1 Å². The van der Waals surface area contributed by atoms with Gasteiger partial charge in [0.25, 0.3) is 5.91 Å². The minimum absolute atomic E-state index is 0.186. The van der Waals surface area contributed by atoms with E-state index in [0.717, 1.165) is 35.7 Å². The van der Waals surface area contributed by atoms with Crippen molar-refractivity contribution in [3.63, 3.8) is 0 Å².